The average molecular weight is 1270 g/mol. The van der Waals surface area contributed by atoms with Gasteiger partial charge in [-0.25, -0.2) is 0 Å². The van der Waals surface area contributed by atoms with E-state index < -0.39 is 192 Å². The third kappa shape index (κ3) is 14.6. The van der Waals surface area contributed by atoms with Gasteiger partial charge < -0.3 is 133 Å². The highest BCUT2D eigenvalue weighted by molar-refractivity contribution is 7.65. The van der Waals surface area contributed by atoms with Gasteiger partial charge in [0.05, 0.1) is 38.6 Å². The highest BCUT2D eigenvalue weighted by atomic mass is 31.1. The van der Waals surface area contributed by atoms with Gasteiger partial charge in [0.25, 0.3) is 0 Å². The highest BCUT2D eigenvalue weighted by Crippen LogP contribution is 2.48. The maximum absolute atomic E-state index is 7.26. The fourth-order valence-electron chi connectivity index (χ4n) is 13.8. The van der Waals surface area contributed by atoms with E-state index >= 15 is 0 Å². The topological polar surface area (TPSA) is 258 Å². The minimum Gasteiger partial charge on any atom is -0.382 e. The van der Waals surface area contributed by atoms with Crippen LogP contribution >= 0.6 is 7.92 Å². The third-order valence-electron chi connectivity index (χ3n) is 17.8. The Bertz CT molecular complexity index is 2140. The summed E-state index contributed by atoms with van der Waals surface area (Å²) >= 11 is 0. The number of rotatable bonds is 21. The first-order valence-corrected chi connectivity index (χ1v) is 31.1. The number of ether oxygens (including phenoxy) is 28. The van der Waals surface area contributed by atoms with Gasteiger partial charge in [-0.15, -0.1) is 0 Å². The SMILES string of the molecule is COC[C@H]1O[C@@H]2O[C@@H]3[C@@H](OC)[C@@H](OC)[C@@H](O[C@H]4[C@@H](OC)[C@@H](OC)[C@H]5O[C@H]6[C@@H](OC)[C@@H](OC)[C@@H](O[C@@H]7[C@@H](OC)[C@@H](OC)[C@@H](O[C@@H]8[C@@H](OC)[C@@H](OC)[C@@H](O[C@@H]1[C@@H](OC)[C@H]2OC)O[C@@H]8COC)O[C@@H]7COC)O[C@@H]6CP(c1ccccc1)C[C@H]4O5)O[C@@H]3COC. The second-order valence-electron chi connectivity index (χ2n) is 22.3. The number of benzene rings is 1. The van der Waals surface area contributed by atoms with E-state index in [1.165, 1.54) is 35.5 Å². The summed E-state index contributed by atoms with van der Waals surface area (Å²) in [5, 5.41) is 1.06. The highest BCUT2D eigenvalue weighted by Gasteiger charge is 2.62. The molecule has 0 radical (unpaired) electrons. The molecule has 16 heterocycles. The van der Waals surface area contributed by atoms with Gasteiger partial charge in [-0.1, -0.05) is 38.3 Å². The van der Waals surface area contributed by atoms with Gasteiger partial charge in [0.2, 0.25) is 0 Å². The molecule has 0 amide bonds. The van der Waals surface area contributed by atoms with Crippen LogP contribution in [0.25, 0.3) is 0 Å². The van der Waals surface area contributed by atoms with Gasteiger partial charge in [0.15, 0.2) is 37.7 Å². The zero-order valence-corrected chi connectivity index (χ0v) is 53.7. The Morgan fingerprint density at radius 3 is 0.724 bits per heavy atom. The average Bonchev–Trinajstić information content (AvgIpc) is 1.85. The lowest BCUT2D eigenvalue weighted by Gasteiger charge is -2.53. The van der Waals surface area contributed by atoms with Crippen molar-refractivity contribution in [1.29, 1.82) is 0 Å². The Hall–Kier alpha value is -1.47. The van der Waals surface area contributed by atoms with E-state index in [1.807, 2.05) is 18.2 Å². The van der Waals surface area contributed by atoms with Gasteiger partial charge >= 0.3 is 0 Å². The lowest BCUT2D eigenvalue weighted by Crippen LogP contribution is -2.70. The lowest BCUT2D eigenvalue weighted by molar-refractivity contribution is -0.407. The Morgan fingerprint density at radius 2 is 0.494 bits per heavy atom. The van der Waals surface area contributed by atoms with E-state index in [0.717, 1.165) is 5.30 Å². The van der Waals surface area contributed by atoms with Crippen molar-refractivity contribution in [1.82, 2.24) is 0 Å². The molecule has 16 aliphatic heterocycles. The molecule has 0 N–H and O–H groups in total. The van der Waals surface area contributed by atoms with Gasteiger partial charge in [0, 0.05) is 126 Å². The Morgan fingerprint density at radius 1 is 0.276 bits per heavy atom. The predicted octanol–water partition coefficient (Wildman–Crippen LogP) is 0.247. The molecular weight excluding hydrogens is 1180 g/mol. The van der Waals surface area contributed by atoms with E-state index in [1.54, 1.807) is 78.2 Å². The van der Waals surface area contributed by atoms with Crippen LogP contribution in [0.2, 0.25) is 0 Å². The first kappa shape index (κ1) is 69.9. The molecule has 16 saturated heterocycles. The van der Waals surface area contributed by atoms with Crippen LogP contribution in [-0.4, -0.2) is 337 Å². The van der Waals surface area contributed by atoms with Crippen molar-refractivity contribution in [2.75, 3.05) is 153 Å². The van der Waals surface area contributed by atoms with Crippen LogP contribution in [0, 0.1) is 0 Å². The molecule has 0 spiro atoms. The molecule has 87 heavy (non-hydrogen) atoms. The van der Waals surface area contributed by atoms with Crippen molar-refractivity contribution in [2.24, 2.45) is 0 Å². The summed E-state index contributed by atoms with van der Waals surface area (Å²) in [6.07, 6.45) is -27.2. The first-order valence-electron chi connectivity index (χ1n) is 29.4. The van der Waals surface area contributed by atoms with Crippen LogP contribution in [0.5, 0.6) is 0 Å². The minimum absolute atomic E-state index is 0.00392. The maximum atomic E-state index is 7.26. The minimum atomic E-state index is -1.21. The summed E-state index contributed by atoms with van der Waals surface area (Å²) in [5.41, 5.74) is 0. The zero-order valence-electron chi connectivity index (χ0n) is 52.8. The molecule has 17 rings (SSSR count). The number of fused-ring (bicyclic) bond motifs is 2. The molecule has 1 aromatic rings. The summed E-state index contributed by atoms with van der Waals surface area (Å²) in [6.45, 7) is 0.0380. The molecule has 0 aliphatic carbocycles. The van der Waals surface area contributed by atoms with Crippen molar-refractivity contribution in [2.45, 2.75) is 184 Å². The third-order valence-corrected chi connectivity index (χ3v) is 20.4. The van der Waals surface area contributed by atoms with Crippen molar-refractivity contribution >= 4 is 13.2 Å². The molecule has 500 valence electrons. The van der Waals surface area contributed by atoms with Crippen LogP contribution in [-0.2, 0) is 133 Å². The standard InChI is InChI=1S/C58H95O28P/c1-59-22-29-35-41(63-5)48(70-12)54(76-29)83-37-31(24-61-3)78-56(50(72-14)43(37)65-7)85-39-33-26-87(28-20-18-17-19-21-28)27-34-40(86-58(80-33)52(74-16)45(39)67-9)46(68-10)51(73-15)57(79-34)84-38-32(25-62-4)77-55(49(71-13)44(38)66-8)82-36-30(23-60-2)75-53(81-35)47(69-11)42(36)64-6/h17-21,29-58H,22-27H2,1-16H3/t29-,30-,31-,32-,33-,34-,35+,36+,37+,38+,39-,40-,41-,42-,43-,44-,45-,46-,47-,48-,49-,50-,51-,52-,53-,54-,55-,56-,57-,58-,87?/m1/s1. The molecule has 28 nitrogen and oxygen atoms in total. The van der Waals surface area contributed by atoms with Crippen molar-refractivity contribution in [3.63, 3.8) is 0 Å². The fraction of sp³-hybridized carbons (Fsp3) is 0.897. The number of methoxy groups -OCH3 is 16. The number of hydrogen-bond acceptors (Lipinski definition) is 28. The molecule has 1 unspecified atom stereocenters. The number of hydrogen-bond donors (Lipinski definition) is 0. The van der Waals surface area contributed by atoms with E-state index in [9.17, 15) is 0 Å². The normalized spacial score (nSPS) is 46.3. The van der Waals surface area contributed by atoms with Crippen molar-refractivity contribution in [3.05, 3.63) is 30.3 Å². The van der Waals surface area contributed by atoms with Gasteiger partial charge in [0.1, 0.15) is 134 Å². The largest absolute Gasteiger partial charge is 0.382 e. The van der Waals surface area contributed by atoms with E-state index in [-0.39, 0.29) is 26.4 Å². The molecule has 0 saturated carbocycles. The van der Waals surface area contributed by atoms with Crippen LogP contribution in [0.4, 0.5) is 0 Å². The lowest BCUT2D eigenvalue weighted by atomic mass is 9.94. The Labute approximate surface area is 511 Å². The van der Waals surface area contributed by atoms with Crippen LogP contribution < -0.4 is 5.30 Å². The maximum Gasteiger partial charge on any atom is 0.187 e. The second-order valence-corrected chi connectivity index (χ2v) is 24.7. The smallest absolute Gasteiger partial charge is 0.187 e. The fourth-order valence-corrected chi connectivity index (χ4v) is 16.4. The molecule has 29 heteroatoms. The monoisotopic (exact) mass is 1270 g/mol. The van der Waals surface area contributed by atoms with E-state index in [0.29, 0.717) is 12.3 Å². The summed E-state index contributed by atoms with van der Waals surface area (Å²) in [5.74, 6) is 0. The summed E-state index contributed by atoms with van der Waals surface area (Å²) in [7, 11) is 23.6. The molecule has 1 aromatic carbocycles. The van der Waals surface area contributed by atoms with Crippen molar-refractivity contribution in [3.8, 4) is 0 Å². The predicted molar refractivity (Wildman–Crippen MR) is 301 cm³/mol. The summed E-state index contributed by atoms with van der Waals surface area (Å²) < 4.78 is 184. The quantitative estimate of drug-likeness (QED) is 0.149. The van der Waals surface area contributed by atoms with E-state index in [4.69, 9.17) is 133 Å². The van der Waals surface area contributed by atoms with Gasteiger partial charge in [-0.2, -0.15) is 0 Å². The van der Waals surface area contributed by atoms with Gasteiger partial charge in [-0.3, -0.25) is 0 Å². The van der Waals surface area contributed by atoms with Gasteiger partial charge in [-0.05, 0) is 5.30 Å². The first-order chi connectivity index (χ1) is 42.4. The van der Waals surface area contributed by atoms with Crippen LogP contribution in [0.3, 0.4) is 0 Å². The zero-order chi connectivity index (χ0) is 62.1. The molecule has 0 aromatic heterocycles. The Balaban J connectivity index is 1.18. The molecular formula is C58H95O28P. The van der Waals surface area contributed by atoms with Crippen LogP contribution in [0.15, 0.2) is 30.3 Å². The van der Waals surface area contributed by atoms with Crippen molar-refractivity contribution < 1.29 is 133 Å². The molecule has 12 bridgehead atoms. The summed E-state index contributed by atoms with van der Waals surface area (Å²) in [4.78, 5) is 0. The summed E-state index contributed by atoms with van der Waals surface area (Å²) in [6, 6.07) is 10.2. The molecule has 16 aliphatic rings. The van der Waals surface area contributed by atoms with Crippen LogP contribution in [0.1, 0.15) is 0 Å². The molecule has 31 atom stereocenters. The Kier molecular flexibility index (Phi) is 26.6. The molecule has 16 fully saturated rings. The second kappa shape index (κ2) is 33.1. The van der Waals surface area contributed by atoms with E-state index in [2.05, 4.69) is 12.1 Å².